The highest BCUT2D eigenvalue weighted by Crippen LogP contribution is 2.11. The summed E-state index contributed by atoms with van der Waals surface area (Å²) in [6, 6.07) is 20.3. The van der Waals surface area contributed by atoms with Gasteiger partial charge in [0.15, 0.2) is 0 Å². The van der Waals surface area contributed by atoms with Crippen molar-refractivity contribution in [2.75, 3.05) is 20.3 Å². The number of aryl methyl sites for hydroxylation is 1. The predicted octanol–water partition coefficient (Wildman–Crippen LogP) is 4.50. The molecule has 0 bridgehead atoms. The second-order valence-corrected chi connectivity index (χ2v) is 4.88. The summed E-state index contributed by atoms with van der Waals surface area (Å²) < 4.78 is 10.5. The van der Waals surface area contributed by atoms with E-state index >= 15 is 0 Å². The standard InChI is InChI=1S/C11H13NO2.C7H8.C2H6/c1-13-7-10-8-14-11(12-10)9-5-3-2-4-6-9;1-7-5-3-2-4-6-7;1-2/h2-6,10H,7-8H2,1H3;2-6H,1H3;1-2H3. The molecule has 1 aliphatic rings. The molecule has 0 saturated carbocycles. The van der Waals surface area contributed by atoms with Crippen LogP contribution in [0.3, 0.4) is 0 Å². The molecule has 0 amide bonds. The zero-order valence-corrected chi connectivity index (χ0v) is 14.5. The van der Waals surface area contributed by atoms with E-state index in [1.807, 2.05) is 62.4 Å². The molecule has 0 saturated heterocycles. The van der Waals surface area contributed by atoms with E-state index in [1.165, 1.54) is 5.56 Å². The first-order valence-electron chi connectivity index (χ1n) is 8.06. The maximum Gasteiger partial charge on any atom is 0.216 e. The number of hydrogen-bond donors (Lipinski definition) is 0. The SMILES string of the molecule is CC.COCC1COC(c2ccccc2)=N1.Cc1ccccc1. The Bertz CT molecular complexity index is 552. The van der Waals surface area contributed by atoms with Gasteiger partial charge in [-0.3, -0.25) is 0 Å². The Kier molecular flexibility index (Phi) is 9.41. The van der Waals surface area contributed by atoms with Gasteiger partial charge in [-0.05, 0) is 19.1 Å². The summed E-state index contributed by atoms with van der Waals surface area (Å²) in [5.74, 6) is 0.729. The Morgan fingerprint density at radius 2 is 1.57 bits per heavy atom. The molecule has 3 heteroatoms. The Morgan fingerprint density at radius 3 is 2.04 bits per heavy atom. The molecule has 1 atom stereocenters. The Balaban J connectivity index is 0.000000247. The van der Waals surface area contributed by atoms with Crippen molar-refractivity contribution in [1.29, 1.82) is 0 Å². The van der Waals surface area contributed by atoms with Crippen LogP contribution in [-0.2, 0) is 9.47 Å². The molecule has 0 aliphatic carbocycles. The number of ether oxygens (including phenoxy) is 2. The van der Waals surface area contributed by atoms with Crippen LogP contribution in [0.25, 0.3) is 0 Å². The van der Waals surface area contributed by atoms with Gasteiger partial charge in [-0.25, -0.2) is 4.99 Å². The van der Waals surface area contributed by atoms with E-state index in [2.05, 4.69) is 24.0 Å². The summed E-state index contributed by atoms with van der Waals surface area (Å²) in [6.45, 7) is 7.33. The van der Waals surface area contributed by atoms with Gasteiger partial charge in [-0.2, -0.15) is 0 Å². The summed E-state index contributed by atoms with van der Waals surface area (Å²) in [5, 5.41) is 0. The monoisotopic (exact) mass is 313 g/mol. The van der Waals surface area contributed by atoms with Gasteiger partial charge >= 0.3 is 0 Å². The Morgan fingerprint density at radius 1 is 1.00 bits per heavy atom. The Labute approximate surface area is 140 Å². The average Bonchev–Trinajstić information content (AvgIpc) is 3.08. The molecule has 1 unspecified atom stereocenters. The molecule has 0 aromatic heterocycles. The third-order valence-electron chi connectivity index (χ3n) is 3.03. The molecule has 3 rings (SSSR count). The molecule has 0 fully saturated rings. The molecule has 0 radical (unpaired) electrons. The average molecular weight is 313 g/mol. The second-order valence-electron chi connectivity index (χ2n) is 4.88. The number of methoxy groups -OCH3 is 1. The van der Waals surface area contributed by atoms with E-state index in [9.17, 15) is 0 Å². The van der Waals surface area contributed by atoms with Crippen molar-refractivity contribution >= 4 is 5.90 Å². The van der Waals surface area contributed by atoms with E-state index in [0.717, 1.165) is 11.5 Å². The van der Waals surface area contributed by atoms with Crippen molar-refractivity contribution in [1.82, 2.24) is 0 Å². The second kappa shape index (κ2) is 11.4. The van der Waals surface area contributed by atoms with Crippen molar-refractivity contribution in [3.8, 4) is 0 Å². The molecule has 124 valence electrons. The largest absolute Gasteiger partial charge is 0.475 e. The molecule has 1 aliphatic heterocycles. The summed E-state index contributed by atoms with van der Waals surface area (Å²) in [7, 11) is 1.68. The van der Waals surface area contributed by atoms with Crippen LogP contribution in [0, 0.1) is 6.92 Å². The van der Waals surface area contributed by atoms with Crippen molar-refractivity contribution in [3.63, 3.8) is 0 Å². The lowest BCUT2D eigenvalue weighted by molar-refractivity contribution is 0.165. The molecule has 0 spiro atoms. The fourth-order valence-electron chi connectivity index (χ4n) is 1.97. The van der Waals surface area contributed by atoms with Gasteiger partial charge in [0.05, 0.1) is 6.61 Å². The maximum atomic E-state index is 5.47. The van der Waals surface area contributed by atoms with Crippen LogP contribution in [0.15, 0.2) is 65.7 Å². The number of rotatable bonds is 3. The fourth-order valence-corrected chi connectivity index (χ4v) is 1.97. The molecule has 2 aromatic carbocycles. The zero-order valence-electron chi connectivity index (χ0n) is 14.5. The third kappa shape index (κ3) is 7.11. The van der Waals surface area contributed by atoms with Crippen LogP contribution >= 0.6 is 0 Å². The summed E-state index contributed by atoms with van der Waals surface area (Å²) in [4.78, 5) is 4.42. The van der Waals surface area contributed by atoms with E-state index in [1.54, 1.807) is 7.11 Å². The third-order valence-corrected chi connectivity index (χ3v) is 3.03. The van der Waals surface area contributed by atoms with Gasteiger partial charge in [0.2, 0.25) is 5.90 Å². The first kappa shape index (κ1) is 18.9. The minimum Gasteiger partial charge on any atom is -0.475 e. The Hall–Kier alpha value is -2.13. The lowest BCUT2D eigenvalue weighted by atomic mass is 10.2. The molecule has 3 nitrogen and oxygen atoms in total. The topological polar surface area (TPSA) is 30.8 Å². The number of nitrogens with zero attached hydrogens (tertiary/aromatic N) is 1. The van der Waals surface area contributed by atoms with Gasteiger partial charge < -0.3 is 9.47 Å². The smallest absolute Gasteiger partial charge is 0.216 e. The van der Waals surface area contributed by atoms with E-state index in [0.29, 0.717) is 13.2 Å². The maximum absolute atomic E-state index is 5.47. The quantitative estimate of drug-likeness (QED) is 0.835. The first-order valence-corrected chi connectivity index (χ1v) is 8.06. The van der Waals surface area contributed by atoms with Crippen LogP contribution in [0.4, 0.5) is 0 Å². The number of benzene rings is 2. The number of aliphatic imine (C=N–C) groups is 1. The fraction of sp³-hybridized carbons (Fsp3) is 0.350. The lowest BCUT2D eigenvalue weighted by Gasteiger charge is -2.00. The molecular formula is C20H27NO2. The van der Waals surface area contributed by atoms with E-state index in [4.69, 9.17) is 9.47 Å². The van der Waals surface area contributed by atoms with Gasteiger partial charge in [-0.15, -0.1) is 0 Å². The van der Waals surface area contributed by atoms with Crippen LogP contribution < -0.4 is 0 Å². The summed E-state index contributed by atoms with van der Waals surface area (Å²) >= 11 is 0. The number of hydrogen-bond acceptors (Lipinski definition) is 3. The van der Waals surface area contributed by atoms with E-state index < -0.39 is 0 Å². The molecule has 23 heavy (non-hydrogen) atoms. The normalized spacial score (nSPS) is 15.3. The van der Waals surface area contributed by atoms with Gasteiger partial charge in [0.25, 0.3) is 0 Å². The summed E-state index contributed by atoms with van der Waals surface area (Å²) in [5.41, 5.74) is 2.36. The van der Waals surface area contributed by atoms with Crippen LogP contribution in [0.2, 0.25) is 0 Å². The highest BCUT2D eigenvalue weighted by molar-refractivity contribution is 5.95. The van der Waals surface area contributed by atoms with Crippen LogP contribution in [-0.4, -0.2) is 32.3 Å². The zero-order chi connectivity index (χ0) is 16.9. The minimum atomic E-state index is 0.148. The minimum absolute atomic E-state index is 0.148. The van der Waals surface area contributed by atoms with Gasteiger partial charge in [0, 0.05) is 12.7 Å². The van der Waals surface area contributed by atoms with Crippen molar-refractivity contribution in [3.05, 3.63) is 71.8 Å². The molecule has 0 N–H and O–H groups in total. The van der Waals surface area contributed by atoms with Crippen molar-refractivity contribution < 1.29 is 9.47 Å². The first-order chi connectivity index (χ1) is 11.3. The molecular weight excluding hydrogens is 286 g/mol. The van der Waals surface area contributed by atoms with Crippen LogP contribution in [0.1, 0.15) is 25.0 Å². The highest BCUT2D eigenvalue weighted by Gasteiger charge is 2.19. The lowest BCUT2D eigenvalue weighted by Crippen LogP contribution is -2.12. The van der Waals surface area contributed by atoms with Gasteiger partial charge in [0.1, 0.15) is 12.6 Å². The summed E-state index contributed by atoms with van der Waals surface area (Å²) in [6.07, 6.45) is 0. The molecule has 1 heterocycles. The highest BCUT2D eigenvalue weighted by atomic mass is 16.5. The van der Waals surface area contributed by atoms with Crippen LogP contribution in [0.5, 0.6) is 0 Å². The van der Waals surface area contributed by atoms with Crippen molar-refractivity contribution in [2.45, 2.75) is 26.8 Å². The van der Waals surface area contributed by atoms with E-state index in [-0.39, 0.29) is 6.04 Å². The molecule has 2 aromatic rings. The van der Waals surface area contributed by atoms with Crippen molar-refractivity contribution in [2.24, 2.45) is 4.99 Å². The predicted molar refractivity (Wildman–Crippen MR) is 97.1 cm³/mol. The van der Waals surface area contributed by atoms with Gasteiger partial charge in [-0.1, -0.05) is 67.9 Å².